The second-order valence-corrected chi connectivity index (χ2v) is 6.23. The molecule has 132 valence electrons. The van der Waals surface area contributed by atoms with Crippen LogP contribution in [-0.2, 0) is 12.8 Å². The van der Waals surface area contributed by atoms with E-state index in [1.54, 1.807) is 19.4 Å². The van der Waals surface area contributed by atoms with Crippen molar-refractivity contribution in [3.63, 3.8) is 0 Å². The topological polar surface area (TPSA) is 65.2 Å². The molecule has 6 nitrogen and oxygen atoms in total. The Morgan fingerprint density at radius 1 is 1.12 bits per heavy atom. The highest BCUT2D eigenvalue weighted by molar-refractivity contribution is 5.85. The van der Waals surface area contributed by atoms with Crippen molar-refractivity contribution >= 4 is 16.6 Å². The third-order valence-electron chi connectivity index (χ3n) is 4.36. The summed E-state index contributed by atoms with van der Waals surface area (Å²) < 4.78 is 20.7. The van der Waals surface area contributed by atoms with Gasteiger partial charge in [0.15, 0.2) is 11.5 Å². The smallest absolute Gasteiger partial charge is 0.177 e. The van der Waals surface area contributed by atoms with Crippen molar-refractivity contribution < 1.29 is 9.13 Å². The molecule has 0 aliphatic carbocycles. The minimum absolute atomic E-state index is 0.307. The van der Waals surface area contributed by atoms with Gasteiger partial charge in [-0.05, 0) is 38.5 Å². The molecule has 26 heavy (non-hydrogen) atoms. The van der Waals surface area contributed by atoms with E-state index >= 15 is 0 Å². The Morgan fingerprint density at radius 2 is 1.96 bits per heavy atom. The van der Waals surface area contributed by atoms with Crippen LogP contribution in [-0.4, -0.2) is 31.7 Å². The van der Waals surface area contributed by atoms with Gasteiger partial charge in [0.2, 0.25) is 0 Å². The van der Waals surface area contributed by atoms with Crippen molar-refractivity contribution in [2.24, 2.45) is 0 Å². The molecular weight excluding hydrogens is 333 g/mol. The first kappa shape index (κ1) is 16.4. The van der Waals surface area contributed by atoms with Gasteiger partial charge in [0.1, 0.15) is 11.6 Å². The number of aromatic nitrogens is 5. The SMILES string of the molecule is COc1cc(CCc2nc3c(C)ncc(C)n3n2)nc2ccc(F)cc12. The number of aryl methyl sites for hydroxylation is 4. The van der Waals surface area contributed by atoms with Gasteiger partial charge in [-0.15, -0.1) is 0 Å². The second kappa shape index (κ2) is 6.33. The van der Waals surface area contributed by atoms with Gasteiger partial charge in [-0.25, -0.2) is 13.9 Å². The predicted molar refractivity (Wildman–Crippen MR) is 95.9 cm³/mol. The molecule has 4 aromatic rings. The maximum atomic E-state index is 13.5. The molecule has 0 bridgehead atoms. The van der Waals surface area contributed by atoms with Crippen LogP contribution < -0.4 is 4.74 Å². The minimum atomic E-state index is -0.307. The molecule has 0 atom stereocenters. The molecule has 0 unspecified atom stereocenters. The largest absolute Gasteiger partial charge is 0.496 e. The summed E-state index contributed by atoms with van der Waals surface area (Å²) in [6, 6.07) is 6.35. The standard InChI is InChI=1S/C19H18FN5O/c1-11-10-21-12(2)19-23-18(24-25(11)19)7-5-14-9-17(26-3)15-8-13(20)4-6-16(15)22-14/h4,6,8-10H,5,7H2,1-3H3. The molecule has 0 aliphatic heterocycles. The van der Waals surface area contributed by atoms with E-state index in [0.29, 0.717) is 29.5 Å². The number of rotatable bonds is 4. The Morgan fingerprint density at radius 3 is 2.73 bits per heavy atom. The molecule has 0 N–H and O–H groups in total. The van der Waals surface area contributed by atoms with Crippen molar-refractivity contribution in [2.75, 3.05) is 7.11 Å². The number of pyridine rings is 1. The van der Waals surface area contributed by atoms with E-state index in [0.717, 1.165) is 28.6 Å². The average molecular weight is 351 g/mol. The number of fused-ring (bicyclic) bond motifs is 2. The van der Waals surface area contributed by atoms with E-state index in [4.69, 9.17) is 4.74 Å². The van der Waals surface area contributed by atoms with Gasteiger partial charge >= 0.3 is 0 Å². The molecule has 0 saturated carbocycles. The van der Waals surface area contributed by atoms with E-state index in [9.17, 15) is 4.39 Å². The number of hydrogen-bond acceptors (Lipinski definition) is 5. The lowest BCUT2D eigenvalue weighted by atomic mass is 10.1. The maximum absolute atomic E-state index is 13.5. The van der Waals surface area contributed by atoms with Gasteiger partial charge in [0.25, 0.3) is 0 Å². The van der Waals surface area contributed by atoms with Crippen LogP contribution in [0.25, 0.3) is 16.6 Å². The summed E-state index contributed by atoms with van der Waals surface area (Å²) in [4.78, 5) is 13.5. The number of methoxy groups -OCH3 is 1. The molecule has 7 heteroatoms. The highest BCUT2D eigenvalue weighted by Crippen LogP contribution is 2.26. The van der Waals surface area contributed by atoms with E-state index < -0.39 is 0 Å². The Labute approximate surface area is 149 Å². The van der Waals surface area contributed by atoms with E-state index in [1.165, 1.54) is 12.1 Å². The van der Waals surface area contributed by atoms with Gasteiger partial charge in [-0.2, -0.15) is 5.10 Å². The van der Waals surface area contributed by atoms with Gasteiger partial charge in [0, 0.05) is 29.8 Å². The number of hydrogen-bond donors (Lipinski definition) is 0. The summed E-state index contributed by atoms with van der Waals surface area (Å²) in [7, 11) is 1.58. The van der Waals surface area contributed by atoms with Crippen LogP contribution in [0, 0.1) is 19.7 Å². The van der Waals surface area contributed by atoms with Crippen LogP contribution in [0.4, 0.5) is 4.39 Å². The number of halogens is 1. The second-order valence-electron chi connectivity index (χ2n) is 6.23. The summed E-state index contributed by atoms with van der Waals surface area (Å²) in [5.41, 5.74) is 4.13. The quantitative estimate of drug-likeness (QED) is 0.565. The van der Waals surface area contributed by atoms with Crippen LogP contribution >= 0.6 is 0 Å². The molecule has 0 aliphatic rings. The van der Waals surface area contributed by atoms with Crippen molar-refractivity contribution in [1.82, 2.24) is 24.6 Å². The van der Waals surface area contributed by atoms with E-state index in [-0.39, 0.29) is 5.82 Å². The summed E-state index contributed by atoms with van der Waals surface area (Å²) in [5.74, 6) is 1.05. The van der Waals surface area contributed by atoms with Gasteiger partial charge in [-0.1, -0.05) is 0 Å². The van der Waals surface area contributed by atoms with Crippen LogP contribution in [0.5, 0.6) is 5.75 Å². The van der Waals surface area contributed by atoms with E-state index in [1.807, 2.05) is 24.4 Å². The fourth-order valence-corrected chi connectivity index (χ4v) is 3.00. The first-order chi connectivity index (χ1) is 12.5. The lowest BCUT2D eigenvalue weighted by molar-refractivity contribution is 0.418. The Hall–Kier alpha value is -3.09. The van der Waals surface area contributed by atoms with Crippen LogP contribution in [0.15, 0.2) is 30.5 Å². The molecule has 0 fully saturated rings. The first-order valence-corrected chi connectivity index (χ1v) is 8.36. The van der Waals surface area contributed by atoms with E-state index in [2.05, 4.69) is 20.1 Å². The Kier molecular flexibility index (Phi) is 3.99. The van der Waals surface area contributed by atoms with Crippen LogP contribution in [0.2, 0.25) is 0 Å². The number of benzene rings is 1. The molecule has 1 aromatic carbocycles. The molecule has 4 rings (SSSR count). The lowest BCUT2D eigenvalue weighted by Crippen LogP contribution is -2.00. The molecule has 0 amide bonds. The number of nitrogens with zero attached hydrogens (tertiary/aromatic N) is 5. The normalized spacial score (nSPS) is 11.4. The zero-order valence-electron chi connectivity index (χ0n) is 14.8. The Balaban J connectivity index is 1.65. The van der Waals surface area contributed by atoms with Crippen molar-refractivity contribution in [1.29, 1.82) is 0 Å². The zero-order chi connectivity index (χ0) is 18.3. The minimum Gasteiger partial charge on any atom is -0.496 e. The fraction of sp³-hybridized carbons (Fsp3) is 0.263. The zero-order valence-corrected chi connectivity index (χ0v) is 14.8. The average Bonchev–Trinajstić information content (AvgIpc) is 3.08. The molecule has 0 saturated heterocycles. The molecule has 0 radical (unpaired) electrons. The summed E-state index contributed by atoms with van der Waals surface area (Å²) in [5, 5.41) is 5.23. The highest BCUT2D eigenvalue weighted by Gasteiger charge is 2.11. The van der Waals surface area contributed by atoms with Gasteiger partial charge in [0.05, 0.1) is 24.0 Å². The highest BCUT2D eigenvalue weighted by atomic mass is 19.1. The van der Waals surface area contributed by atoms with Crippen LogP contribution in [0.1, 0.15) is 22.9 Å². The van der Waals surface area contributed by atoms with Crippen LogP contribution in [0.3, 0.4) is 0 Å². The molecule has 0 spiro atoms. The maximum Gasteiger partial charge on any atom is 0.177 e. The third-order valence-corrected chi connectivity index (χ3v) is 4.36. The van der Waals surface area contributed by atoms with Gasteiger partial charge < -0.3 is 4.74 Å². The van der Waals surface area contributed by atoms with Crippen molar-refractivity contribution in [2.45, 2.75) is 26.7 Å². The lowest BCUT2D eigenvalue weighted by Gasteiger charge is -2.08. The molecule has 3 heterocycles. The summed E-state index contributed by atoms with van der Waals surface area (Å²) in [6.45, 7) is 3.87. The predicted octanol–water partition coefficient (Wildman–Crippen LogP) is 3.22. The van der Waals surface area contributed by atoms with Crippen molar-refractivity contribution in [3.05, 3.63) is 59.2 Å². The fourth-order valence-electron chi connectivity index (χ4n) is 3.00. The molecule has 3 aromatic heterocycles. The monoisotopic (exact) mass is 351 g/mol. The third kappa shape index (κ3) is 2.85. The van der Waals surface area contributed by atoms with Crippen molar-refractivity contribution in [3.8, 4) is 5.75 Å². The molecular formula is C19H18FN5O. The summed E-state index contributed by atoms with van der Waals surface area (Å²) >= 11 is 0. The summed E-state index contributed by atoms with van der Waals surface area (Å²) in [6.07, 6.45) is 3.09. The Bertz CT molecular complexity index is 1080. The number of ether oxygens (including phenoxy) is 1. The van der Waals surface area contributed by atoms with Gasteiger partial charge in [-0.3, -0.25) is 9.97 Å². The first-order valence-electron chi connectivity index (χ1n) is 8.36.